The fourth-order valence-electron chi connectivity index (χ4n) is 4.41. The number of hydrogen-bond donors (Lipinski definition) is 2. The van der Waals surface area contributed by atoms with Crippen LogP contribution in [0, 0.1) is 10.1 Å². The summed E-state index contributed by atoms with van der Waals surface area (Å²) >= 11 is 13.5. The number of nitro groups is 1. The number of fused-ring (bicyclic) bond motifs is 1. The number of rotatable bonds is 7. The number of nitrogens with one attached hydrogen (secondary N) is 2. The van der Waals surface area contributed by atoms with Crippen molar-refractivity contribution in [1.29, 1.82) is 0 Å². The van der Waals surface area contributed by atoms with E-state index in [1.807, 2.05) is 0 Å². The molecule has 222 valence electrons. The van der Waals surface area contributed by atoms with Gasteiger partial charge in [-0.3, -0.25) is 34.7 Å². The molecular weight excluding hydrogens is 654 g/mol. The Labute approximate surface area is 273 Å². The summed E-state index contributed by atoms with van der Waals surface area (Å²) in [5.74, 6) is -1.63. The largest absolute Gasteiger partial charge is 0.322 e. The molecule has 45 heavy (non-hydrogen) atoms. The van der Waals surface area contributed by atoms with E-state index in [0.29, 0.717) is 36.7 Å². The molecule has 6 rings (SSSR count). The predicted molar refractivity (Wildman–Crippen MR) is 179 cm³/mol. The van der Waals surface area contributed by atoms with Crippen LogP contribution in [0.1, 0.15) is 15.9 Å². The third-order valence-electron chi connectivity index (χ3n) is 6.54. The van der Waals surface area contributed by atoms with Crippen molar-refractivity contribution >= 4 is 103 Å². The zero-order chi connectivity index (χ0) is 31.7. The van der Waals surface area contributed by atoms with E-state index >= 15 is 0 Å². The minimum Gasteiger partial charge on any atom is -0.322 e. The number of thiazole rings is 1. The van der Waals surface area contributed by atoms with Gasteiger partial charge in [0.25, 0.3) is 23.4 Å². The Morgan fingerprint density at radius 3 is 2.53 bits per heavy atom. The number of anilines is 2. The zero-order valence-electron chi connectivity index (χ0n) is 22.7. The maximum atomic E-state index is 13.3. The molecule has 0 bridgehead atoms. The van der Waals surface area contributed by atoms with Crippen LogP contribution in [0.5, 0.6) is 0 Å². The van der Waals surface area contributed by atoms with Crippen molar-refractivity contribution in [2.45, 2.75) is 9.24 Å². The van der Waals surface area contributed by atoms with Gasteiger partial charge in [0.2, 0.25) is 0 Å². The summed E-state index contributed by atoms with van der Waals surface area (Å²) in [5, 5.41) is 17.9. The first-order valence-corrected chi connectivity index (χ1v) is 15.5. The van der Waals surface area contributed by atoms with Gasteiger partial charge in [0.1, 0.15) is 5.57 Å². The predicted octanol–water partition coefficient (Wildman–Crippen LogP) is 7.09. The Kier molecular flexibility index (Phi) is 8.41. The fourth-order valence-corrected chi connectivity index (χ4v) is 6.97. The highest BCUT2D eigenvalue weighted by atomic mass is 35.5. The molecule has 0 aliphatic carbocycles. The van der Waals surface area contributed by atoms with Crippen LogP contribution in [-0.4, -0.2) is 32.7 Å². The van der Waals surface area contributed by atoms with Gasteiger partial charge in [0, 0.05) is 22.3 Å². The lowest BCUT2D eigenvalue weighted by molar-refractivity contribution is -0.387. The molecule has 2 heterocycles. The molecule has 14 heteroatoms. The zero-order valence-corrected chi connectivity index (χ0v) is 25.9. The van der Waals surface area contributed by atoms with Gasteiger partial charge in [-0.2, -0.15) is 0 Å². The van der Waals surface area contributed by atoms with Crippen LogP contribution in [0.15, 0.2) is 106 Å². The van der Waals surface area contributed by atoms with Gasteiger partial charge in [-0.15, -0.1) is 11.3 Å². The van der Waals surface area contributed by atoms with Crippen molar-refractivity contribution in [3.63, 3.8) is 0 Å². The molecule has 0 spiro atoms. The quantitative estimate of drug-likeness (QED) is 0.0616. The molecule has 0 radical (unpaired) electrons. The van der Waals surface area contributed by atoms with E-state index in [1.165, 1.54) is 28.4 Å². The van der Waals surface area contributed by atoms with E-state index in [2.05, 4.69) is 15.6 Å². The van der Waals surface area contributed by atoms with Crippen LogP contribution in [-0.2, 0) is 9.59 Å². The summed E-state index contributed by atoms with van der Waals surface area (Å²) in [5.41, 5.74) is 2.02. The van der Waals surface area contributed by atoms with Gasteiger partial charge in [-0.1, -0.05) is 47.6 Å². The average molecular weight is 672 g/mol. The van der Waals surface area contributed by atoms with Crippen LogP contribution in [0.25, 0.3) is 16.3 Å². The van der Waals surface area contributed by atoms with Crippen molar-refractivity contribution in [3.05, 3.63) is 123 Å². The summed E-state index contributed by atoms with van der Waals surface area (Å²) < 4.78 is 1.33. The Balaban J connectivity index is 1.24. The lowest BCUT2D eigenvalue weighted by Gasteiger charge is -2.28. The van der Waals surface area contributed by atoms with E-state index in [0.717, 1.165) is 16.5 Å². The van der Waals surface area contributed by atoms with Gasteiger partial charge >= 0.3 is 0 Å². The SMILES string of the molecule is O=C1NC(=S)N(c2ccccc2)C(=O)/C1=C/c1ccc(Sc2nc3ccc(NC(=O)c4ccc(Cl)cc4)cc3s2)c([N+](=O)[O-])c1. The fraction of sp³-hybridized carbons (Fsp3) is 0. The normalized spacial score (nSPS) is 14.1. The minimum absolute atomic E-state index is 0.0574. The molecule has 10 nitrogen and oxygen atoms in total. The first kappa shape index (κ1) is 30.1. The Morgan fingerprint density at radius 2 is 1.80 bits per heavy atom. The van der Waals surface area contributed by atoms with Crippen LogP contribution in [0.2, 0.25) is 5.02 Å². The van der Waals surface area contributed by atoms with E-state index in [9.17, 15) is 24.5 Å². The topological polar surface area (TPSA) is 135 Å². The first-order valence-electron chi connectivity index (χ1n) is 13.1. The Morgan fingerprint density at radius 1 is 1.04 bits per heavy atom. The monoisotopic (exact) mass is 671 g/mol. The number of thiocarbonyl (C=S) groups is 1. The number of para-hydroxylation sites is 1. The van der Waals surface area contributed by atoms with Crippen LogP contribution in [0.4, 0.5) is 17.1 Å². The summed E-state index contributed by atoms with van der Waals surface area (Å²) in [7, 11) is 0. The first-order chi connectivity index (χ1) is 21.7. The average Bonchev–Trinajstić information content (AvgIpc) is 3.42. The molecule has 1 aromatic heterocycles. The molecule has 0 unspecified atom stereocenters. The van der Waals surface area contributed by atoms with E-state index < -0.39 is 16.7 Å². The van der Waals surface area contributed by atoms with E-state index in [-0.39, 0.29) is 27.8 Å². The number of carbonyl (C=O) groups excluding carboxylic acids is 3. The number of halogens is 1. The second-order valence-electron chi connectivity index (χ2n) is 9.50. The van der Waals surface area contributed by atoms with Crippen molar-refractivity contribution < 1.29 is 19.3 Å². The maximum absolute atomic E-state index is 13.3. The second-order valence-corrected chi connectivity index (χ2v) is 12.6. The van der Waals surface area contributed by atoms with E-state index in [1.54, 1.807) is 84.9 Å². The van der Waals surface area contributed by atoms with Gasteiger partial charge < -0.3 is 5.32 Å². The van der Waals surface area contributed by atoms with E-state index in [4.69, 9.17) is 23.8 Å². The lowest BCUT2D eigenvalue weighted by Crippen LogP contribution is -2.54. The highest BCUT2D eigenvalue weighted by Gasteiger charge is 2.34. The van der Waals surface area contributed by atoms with Gasteiger partial charge in [0.05, 0.1) is 25.7 Å². The number of aromatic nitrogens is 1. The van der Waals surface area contributed by atoms with Gasteiger partial charge in [-0.05, 0) is 84.5 Å². The molecule has 1 fully saturated rings. The molecule has 0 atom stereocenters. The smallest absolute Gasteiger partial charge is 0.283 e. The van der Waals surface area contributed by atoms with Crippen molar-refractivity contribution in [2.24, 2.45) is 0 Å². The van der Waals surface area contributed by atoms with Gasteiger partial charge in [0.15, 0.2) is 9.45 Å². The van der Waals surface area contributed by atoms with Crippen LogP contribution in [0.3, 0.4) is 0 Å². The molecular formula is C31H18ClN5O5S3. The number of nitrogens with zero attached hydrogens (tertiary/aromatic N) is 3. The molecule has 1 saturated heterocycles. The highest BCUT2D eigenvalue weighted by Crippen LogP contribution is 2.40. The molecule has 5 aromatic rings. The summed E-state index contributed by atoms with van der Waals surface area (Å²) in [6.07, 6.45) is 1.30. The maximum Gasteiger partial charge on any atom is 0.283 e. The number of benzene rings is 4. The molecule has 0 saturated carbocycles. The van der Waals surface area contributed by atoms with Gasteiger partial charge in [-0.25, -0.2) is 4.98 Å². The molecule has 3 amide bonds. The Hall–Kier alpha value is -4.95. The molecule has 1 aliphatic heterocycles. The number of hydrogen-bond acceptors (Lipinski definition) is 9. The number of carbonyl (C=O) groups is 3. The lowest BCUT2D eigenvalue weighted by atomic mass is 10.1. The number of nitro benzene ring substituents is 1. The Bertz CT molecular complexity index is 2070. The highest BCUT2D eigenvalue weighted by molar-refractivity contribution is 8.01. The second kappa shape index (κ2) is 12.6. The third kappa shape index (κ3) is 6.47. The van der Waals surface area contributed by atoms with Crippen molar-refractivity contribution in [2.75, 3.05) is 10.2 Å². The van der Waals surface area contributed by atoms with Crippen LogP contribution < -0.4 is 15.5 Å². The van der Waals surface area contributed by atoms with Crippen molar-refractivity contribution in [1.82, 2.24) is 10.3 Å². The van der Waals surface area contributed by atoms with Crippen molar-refractivity contribution in [3.8, 4) is 0 Å². The standard InChI is InChI=1S/C31H18ClN5O5S3/c32-19-9-7-18(8-10-19)27(38)33-20-11-12-23-26(16-20)45-31(34-23)44-25-13-6-17(15-24(25)37(41)42)14-22-28(39)35-30(43)36(29(22)40)21-4-2-1-3-5-21/h1-16H,(H,33,38)(H,35,39,43)/b22-14+. The third-order valence-corrected chi connectivity index (χ3v) is 9.22. The summed E-state index contributed by atoms with van der Waals surface area (Å²) in [4.78, 5) is 56.2. The summed E-state index contributed by atoms with van der Waals surface area (Å²) in [6.45, 7) is 0. The molecule has 4 aromatic carbocycles. The number of amides is 3. The van der Waals surface area contributed by atoms with Crippen LogP contribution >= 0.6 is 46.9 Å². The molecule has 1 aliphatic rings. The minimum atomic E-state index is -0.698. The molecule has 2 N–H and O–H groups in total. The summed E-state index contributed by atoms with van der Waals surface area (Å²) in [6, 6.07) is 24.8.